The second-order valence-electron chi connectivity index (χ2n) is 6.76. The first kappa shape index (κ1) is 19.2. The summed E-state index contributed by atoms with van der Waals surface area (Å²) in [6.45, 7) is 10.1. The number of nitrogens with zero attached hydrogens (tertiary/aromatic N) is 3. The molecule has 7 heteroatoms. The van der Waals surface area contributed by atoms with Gasteiger partial charge < -0.3 is 15.2 Å². The summed E-state index contributed by atoms with van der Waals surface area (Å²) < 4.78 is 5.29. The summed E-state index contributed by atoms with van der Waals surface area (Å²) >= 11 is 5.90. The van der Waals surface area contributed by atoms with E-state index in [1.807, 2.05) is 52.0 Å². The van der Waals surface area contributed by atoms with Crippen LogP contribution >= 0.6 is 11.6 Å². The average Bonchev–Trinajstić information content (AvgIpc) is 3.04. The van der Waals surface area contributed by atoms with Crippen molar-refractivity contribution < 1.29 is 4.52 Å². The van der Waals surface area contributed by atoms with Gasteiger partial charge in [-0.3, -0.25) is 0 Å². The smallest absolute Gasteiger partial charge is 0.232 e. The van der Waals surface area contributed by atoms with Crippen LogP contribution in [0.5, 0.6) is 0 Å². The Kier molecular flexibility index (Phi) is 6.82. The molecule has 0 bridgehead atoms. The number of nitrogens with one attached hydrogen (secondary N) is 2. The quantitative estimate of drug-likeness (QED) is 0.608. The van der Waals surface area contributed by atoms with Crippen LogP contribution in [0, 0.1) is 0 Å². The zero-order valence-electron chi connectivity index (χ0n) is 15.3. The topological polar surface area (TPSA) is 75.3 Å². The summed E-state index contributed by atoms with van der Waals surface area (Å²) in [6.07, 6.45) is 0.887. The van der Waals surface area contributed by atoms with Crippen molar-refractivity contribution in [1.82, 2.24) is 20.8 Å². The number of guanidine groups is 1. The Balaban J connectivity index is 1.89. The molecule has 1 heterocycles. The number of halogens is 1. The van der Waals surface area contributed by atoms with E-state index in [-0.39, 0.29) is 5.41 Å². The molecule has 0 aliphatic heterocycles. The van der Waals surface area contributed by atoms with Crippen molar-refractivity contribution in [1.29, 1.82) is 0 Å². The molecule has 1 aromatic carbocycles. The van der Waals surface area contributed by atoms with Gasteiger partial charge in [0.1, 0.15) is 6.54 Å². The van der Waals surface area contributed by atoms with E-state index in [1.165, 1.54) is 5.56 Å². The molecule has 0 saturated heterocycles. The third-order valence-corrected chi connectivity index (χ3v) is 3.70. The van der Waals surface area contributed by atoms with Gasteiger partial charge in [0.25, 0.3) is 0 Å². The Bertz CT molecular complexity index is 688. The summed E-state index contributed by atoms with van der Waals surface area (Å²) in [6, 6.07) is 7.86. The molecule has 25 heavy (non-hydrogen) atoms. The molecular weight excluding hydrogens is 338 g/mol. The standard InChI is InChI=1S/C18H26ClN5O/c1-5-20-17(21-11-10-13-6-8-14(19)9-7-13)22-12-15-23-16(25-24-15)18(2,3)4/h6-9H,5,10-12H2,1-4H3,(H2,20,21,22). The molecule has 136 valence electrons. The number of hydrogen-bond acceptors (Lipinski definition) is 4. The molecule has 0 spiro atoms. The number of benzene rings is 1. The van der Waals surface area contributed by atoms with Gasteiger partial charge in [-0.1, -0.05) is 49.7 Å². The highest BCUT2D eigenvalue weighted by Crippen LogP contribution is 2.19. The molecule has 0 unspecified atom stereocenters. The van der Waals surface area contributed by atoms with Gasteiger partial charge in [0, 0.05) is 23.5 Å². The van der Waals surface area contributed by atoms with E-state index in [0.29, 0.717) is 18.3 Å². The van der Waals surface area contributed by atoms with E-state index in [0.717, 1.165) is 30.5 Å². The molecule has 0 radical (unpaired) electrons. The van der Waals surface area contributed by atoms with Crippen LogP contribution < -0.4 is 10.6 Å². The third-order valence-electron chi connectivity index (χ3n) is 3.45. The van der Waals surface area contributed by atoms with Gasteiger partial charge in [-0.25, -0.2) is 4.99 Å². The highest BCUT2D eigenvalue weighted by molar-refractivity contribution is 6.30. The number of rotatable bonds is 6. The molecule has 0 aliphatic rings. The first-order chi connectivity index (χ1) is 11.9. The number of hydrogen-bond donors (Lipinski definition) is 2. The molecule has 0 atom stereocenters. The maximum Gasteiger partial charge on any atom is 0.232 e. The highest BCUT2D eigenvalue weighted by atomic mass is 35.5. The molecule has 6 nitrogen and oxygen atoms in total. The van der Waals surface area contributed by atoms with Crippen LogP contribution in [0.3, 0.4) is 0 Å². The van der Waals surface area contributed by atoms with Crippen molar-refractivity contribution in [3.8, 4) is 0 Å². The van der Waals surface area contributed by atoms with Crippen molar-refractivity contribution in [2.75, 3.05) is 13.1 Å². The predicted molar refractivity (Wildman–Crippen MR) is 101 cm³/mol. The molecular formula is C18H26ClN5O. The number of aromatic nitrogens is 2. The minimum Gasteiger partial charge on any atom is -0.357 e. The van der Waals surface area contributed by atoms with Crippen molar-refractivity contribution in [2.45, 2.75) is 46.1 Å². The monoisotopic (exact) mass is 363 g/mol. The zero-order chi connectivity index (χ0) is 18.3. The summed E-state index contributed by atoms with van der Waals surface area (Å²) in [5.41, 5.74) is 1.07. The zero-order valence-corrected chi connectivity index (χ0v) is 16.0. The largest absolute Gasteiger partial charge is 0.357 e. The fourth-order valence-electron chi connectivity index (χ4n) is 2.09. The molecule has 2 rings (SSSR count). The van der Waals surface area contributed by atoms with Crippen molar-refractivity contribution in [3.05, 3.63) is 46.6 Å². The van der Waals surface area contributed by atoms with Gasteiger partial charge in [-0.2, -0.15) is 4.98 Å². The van der Waals surface area contributed by atoms with Crippen LogP contribution in [-0.4, -0.2) is 29.2 Å². The second kappa shape index (κ2) is 8.85. The lowest BCUT2D eigenvalue weighted by atomic mass is 9.97. The molecule has 0 saturated carbocycles. The normalized spacial score (nSPS) is 12.3. The summed E-state index contributed by atoms with van der Waals surface area (Å²) in [7, 11) is 0. The van der Waals surface area contributed by atoms with Crippen LogP contribution in [0.4, 0.5) is 0 Å². The SMILES string of the molecule is CCNC(=NCc1noc(C(C)(C)C)n1)NCCc1ccc(Cl)cc1. The van der Waals surface area contributed by atoms with Crippen LogP contribution in [0.25, 0.3) is 0 Å². The van der Waals surface area contributed by atoms with E-state index < -0.39 is 0 Å². The fourth-order valence-corrected chi connectivity index (χ4v) is 2.22. The first-order valence-electron chi connectivity index (χ1n) is 8.48. The fraction of sp³-hybridized carbons (Fsp3) is 0.500. The van der Waals surface area contributed by atoms with E-state index in [1.54, 1.807) is 0 Å². The summed E-state index contributed by atoms with van der Waals surface area (Å²) in [4.78, 5) is 8.91. The molecule has 2 N–H and O–H groups in total. The van der Waals surface area contributed by atoms with E-state index in [9.17, 15) is 0 Å². The minimum absolute atomic E-state index is 0.156. The van der Waals surface area contributed by atoms with Crippen LogP contribution in [0.15, 0.2) is 33.8 Å². The lowest BCUT2D eigenvalue weighted by Crippen LogP contribution is -2.38. The van der Waals surface area contributed by atoms with E-state index in [2.05, 4.69) is 25.8 Å². The Labute approximate surface area is 154 Å². The van der Waals surface area contributed by atoms with Gasteiger partial charge in [0.15, 0.2) is 11.8 Å². The predicted octanol–water partition coefficient (Wildman–Crippen LogP) is 3.32. The third kappa shape index (κ3) is 6.38. The Morgan fingerprint density at radius 2 is 1.92 bits per heavy atom. The lowest BCUT2D eigenvalue weighted by Gasteiger charge is -2.11. The number of aliphatic imine (C=N–C) groups is 1. The average molecular weight is 364 g/mol. The summed E-state index contributed by atoms with van der Waals surface area (Å²) in [5.74, 6) is 1.94. The van der Waals surface area contributed by atoms with E-state index >= 15 is 0 Å². The van der Waals surface area contributed by atoms with Crippen molar-refractivity contribution >= 4 is 17.6 Å². The molecule has 2 aromatic rings. The van der Waals surface area contributed by atoms with Crippen LogP contribution in [0.2, 0.25) is 5.02 Å². The molecule has 0 amide bonds. The molecule has 0 aliphatic carbocycles. The first-order valence-corrected chi connectivity index (χ1v) is 8.86. The summed E-state index contributed by atoms with van der Waals surface area (Å²) in [5, 5.41) is 11.3. The Hall–Kier alpha value is -2.08. The maximum absolute atomic E-state index is 5.90. The Morgan fingerprint density at radius 1 is 1.20 bits per heavy atom. The minimum atomic E-state index is -0.156. The highest BCUT2D eigenvalue weighted by Gasteiger charge is 2.21. The van der Waals surface area contributed by atoms with E-state index in [4.69, 9.17) is 16.1 Å². The van der Waals surface area contributed by atoms with Crippen molar-refractivity contribution in [3.63, 3.8) is 0 Å². The van der Waals surface area contributed by atoms with Gasteiger partial charge in [-0.05, 0) is 31.0 Å². The van der Waals surface area contributed by atoms with Crippen LogP contribution in [0.1, 0.15) is 45.0 Å². The Morgan fingerprint density at radius 3 is 2.52 bits per heavy atom. The van der Waals surface area contributed by atoms with Crippen molar-refractivity contribution in [2.24, 2.45) is 4.99 Å². The molecule has 1 aromatic heterocycles. The second-order valence-corrected chi connectivity index (χ2v) is 7.20. The maximum atomic E-state index is 5.90. The van der Waals surface area contributed by atoms with Gasteiger partial charge in [0.2, 0.25) is 5.89 Å². The lowest BCUT2D eigenvalue weighted by molar-refractivity contribution is 0.318. The van der Waals surface area contributed by atoms with Gasteiger partial charge in [-0.15, -0.1) is 0 Å². The van der Waals surface area contributed by atoms with Gasteiger partial charge in [0.05, 0.1) is 0 Å². The molecule has 0 fully saturated rings. The van der Waals surface area contributed by atoms with Crippen LogP contribution in [-0.2, 0) is 18.4 Å². The van der Waals surface area contributed by atoms with Gasteiger partial charge >= 0.3 is 0 Å².